The van der Waals surface area contributed by atoms with E-state index in [4.69, 9.17) is 10.5 Å². The van der Waals surface area contributed by atoms with Crippen molar-refractivity contribution in [1.82, 2.24) is 0 Å². The number of ether oxygens (including phenoxy) is 1. The van der Waals surface area contributed by atoms with Gasteiger partial charge in [-0.2, -0.15) is 0 Å². The first kappa shape index (κ1) is 16.3. The van der Waals surface area contributed by atoms with Gasteiger partial charge in [0.1, 0.15) is 9.77 Å². The van der Waals surface area contributed by atoms with Crippen molar-refractivity contribution in [3.8, 4) is 0 Å². The topological polar surface area (TPSA) is 86.5 Å². The summed E-state index contributed by atoms with van der Waals surface area (Å²) >= 11 is 2.32. The first-order valence-corrected chi connectivity index (χ1v) is 9.23. The highest BCUT2D eigenvalue weighted by atomic mass is 32.2. The highest BCUT2D eigenvalue weighted by Gasteiger charge is 2.31. The van der Waals surface area contributed by atoms with Crippen LogP contribution in [0.4, 0.5) is 5.69 Å². The van der Waals surface area contributed by atoms with E-state index in [0.717, 1.165) is 11.3 Å². The normalized spacial score (nSPS) is 11.8. The molecule has 0 aliphatic carbocycles. The van der Waals surface area contributed by atoms with Crippen molar-refractivity contribution in [2.75, 3.05) is 18.6 Å². The quantitative estimate of drug-likeness (QED) is 0.661. The first-order chi connectivity index (χ1) is 8.77. The Balaban J connectivity index is 3.46. The van der Waals surface area contributed by atoms with Gasteiger partial charge in [0.15, 0.2) is 9.84 Å². The number of rotatable bonds is 5. The van der Waals surface area contributed by atoms with Gasteiger partial charge in [-0.05, 0) is 27.0 Å². The lowest BCUT2D eigenvalue weighted by Gasteiger charge is -2.09. The van der Waals surface area contributed by atoms with Crippen LogP contribution in [0.15, 0.2) is 9.10 Å². The second kappa shape index (κ2) is 6.15. The molecule has 0 atom stereocenters. The fourth-order valence-electron chi connectivity index (χ4n) is 1.39. The summed E-state index contributed by atoms with van der Waals surface area (Å²) in [5.41, 5.74) is 5.85. The number of nitrogens with two attached hydrogens (primary N) is 1. The van der Waals surface area contributed by atoms with Crippen LogP contribution in [0.3, 0.4) is 0 Å². The molecule has 0 spiro atoms. The Morgan fingerprint density at radius 3 is 2.47 bits per heavy atom. The number of hydrogen-bond donors (Lipinski definition) is 1. The summed E-state index contributed by atoms with van der Waals surface area (Å²) in [5.74, 6) is -0.578. The van der Waals surface area contributed by atoms with Crippen LogP contribution in [0.2, 0.25) is 0 Å². The van der Waals surface area contributed by atoms with Gasteiger partial charge in [-0.3, -0.25) is 0 Å². The van der Waals surface area contributed by atoms with Gasteiger partial charge in [0, 0.05) is 0 Å². The van der Waals surface area contributed by atoms with Crippen LogP contribution in [0.5, 0.6) is 0 Å². The third kappa shape index (κ3) is 3.06. The van der Waals surface area contributed by atoms with E-state index in [1.54, 1.807) is 27.0 Å². The summed E-state index contributed by atoms with van der Waals surface area (Å²) < 4.78 is 30.0. The molecule has 19 heavy (non-hydrogen) atoms. The number of nitrogen functional groups attached to an aromatic ring is 1. The molecule has 0 aliphatic rings. The Morgan fingerprint density at radius 2 is 2.05 bits per heavy atom. The van der Waals surface area contributed by atoms with Gasteiger partial charge < -0.3 is 10.5 Å². The molecule has 0 amide bonds. The second-order valence-electron chi connectivity index (χ2n) is 3.98. The van der Waals surface area contributed by atoms with E-state index >= 15 is 0 Å². The third-order valence-electron chi connectivity index (χ3n) is 2.42. The number of thiophene rings is 1. The average Bonchev–Trinajstić information content (AvgIpc) is 2.66. The summed E-state index contributed by atoms with van der Waals surface area (Å²) in [4.78, 5) is 12.0. The van der Waals surface area contributed by atoms with Crippen LogP contribution < -0.4 is 5.73 Å². The molecule has 0 unspecified atom stereocenters. The fourth-order valence-corrected chi connectivity index (χ4v) is 5.26. The molecule has 108 valence electrons. The van der Waals surface area contributed by atoms with Crippen LogP contribution in [0.25, 0.3) is 0 Å². The predicted molar refractivity (Wildman–Crippen MR) is 78.8 cm³/mol. The molecular formula is C11H17NO4S3. The maximum atomic E-state index is 12.3. The lowest BCUT2D eigenvalue weighted by atomic mass is 10.4. The van der Waals surface area contributed by atoms with Gasteiger partial charge in [-0.1, -0.05) is 0 Å². The number of hydrogen-bond acceptors (Lipinski definition) is 7. The van der Waals surface area contributed by atoms with Gasteiger partial charge in [0.05, 0.1) is 21.8 Å². The van der Waals surface area contributed by atoms with Crippen LogP contribution in [-0.4, -0.2) is 32.5 Å². The van der Waals surface area contributed by atoms with E-state index < -0.39 is 21.1 Å². The minimum absolute atomic E-state index is 0.00139. The molecule has 2 N–H and O–H groups in total. The maximum absolute atomic E-state index is 12.3. The SMILES string of the molecule is CCOC(=O)c1sc(SC)c(S(=O)(=O)C(C)C)c1N. The Bertz CT molecular complexity index is 575. The number of carbonyl (C=O) groups excluding carboxylic acids is 1. The minimum Gasteiger partial charge on any atom is -0.462 e. The number of esters is 1. The van der Waals surface area contributed by atoms with E-state index in [9.17, 15) is 13.2 Å². The molecular weight excluding hydrogens is 306 g/mol. The molecule has 1 heterocycles. The van der Waals surface area contributed by atoms with Gasteiger partial charge in [-0.25, -0.2) is 13.2 Å². The summed E-state index contributed by atoms with van der Waals surface area (Å²) in [6, 6.07) is 0. The van der Waals surface area contributed by atoms with Crippen molar-refractivity contribution >= 4 is 44.6 Å². The molecule has 1 aromatic heterocycles. The van der Waals surface area contributed by atoms with E-state index in [-0.39, 0.29) is 22.1 Å². The van der Waals surface area contributed by atoms with Crippen molar-refractivity contribution in [1.29, 1.82) is 0 Å². The van der Waals surface area contributed by atoms with Gasteiger partial charge >= 0.3 is 5.97 Å². The zero-order chi connectivity index (χ0) is 14.8. The van der Waals surface area contributed by atoms with Gasteiger partial charge in [-0.15, -0.1) is 23.1 Å². The highest BCUT2D eigenvalue weighted by Crippen LogP contribution is 2.42. The fraction of sp³-hybridized carbons (Fsp3) is 0.545. The molecule has 0 saturated carbocycles. The largest absolute Gasteiger partial charge is 0.462 e. The minimum atomic E-state index is -3.52. The highest BCUT2D eigenvalue weighted by molar-refractivity contribution is 8.01. The predicted octanol–water partition coefficient (Wildman–Crippen LogP) is 2.41. The van der Waals surface area contributed by atoms with Crippen LogP contribution in [-0.2, 0) is 14.6 Å². The van der Waals surface area contributed by atoms with E-state index in [0.29, 0.717) is 4.21 Å². The van der Waals surface area contributed by atoms with Crippen LogP contribution in [0, 0.1) is 0 Å². The molecule has 0 bridgehead atoms. The van der Waals surface area contributed by atoms with Crippen molar-refractivity contribution < 1.29 is 17.9 Å². The number of sulfone groups is 1. The number of thioether (sulfide) groups is 1. The lowest BCUT2D eigenvalue weighted by molar-refractivity contribution is 0.0533. The molecule has 0 fully saturated rings. The van der Waals surface area contributed by atoms with Crippen molar-refractivity contribution in [3.05, 3.63) is 4.88 Å². The van der Waals surface area contributed by atoms with Crippen LogP contribution >= 0.6 is 23.1 Å². The van der Waals surface area contributed by atoms with E-state index in [2.05, 4.69) is 0 Å². The van der Waals surface area contributed by atoms with Crippen molar-refractivity contribution in [2.45, 2.75) is 35.1 Å². The second-order valence-corrected chi connectivity index (χ2v) is 8.52. The van der Waals surface area contributed by atoms with E-state index in [1.165, 1.54) is 11.8 Å². The average molecular weight is 323 g/mol. The van der Waals surface area contributed by atoms with Gasteiger partial charge in [0.25, 0.3) is 0 Å². The first-order valence-electron chi connectivity index (χ1n) is 5.64. The molecule has 8 heteroatoms. The Labute approximate surface area is 121 Å². The standard InChI is InChI=1S/C11H17NO4S3/c1-5-16-10(13)8-7(12)9(11(17-4)18-8)19(14,15)6(2)3/h6H,5,12H2,1-4H3. The summed E-state index contributed by atoms with van der Waals surface area (Å²) in [6.45, 7) is 5.07. The Kier molecular flexibility index (Phi) is 5.28. The molecule has 1 aromatic rings. The van der Waals surface area contributed by atoms with Crippen LogP contribution in [0.1, 0.15) is 30.4 Å². The Morgan fingerprint density at radius 1 is 1.47 bits per heavy atom. The zero-order valence-corrected chi connectivity index (χ0v) is 13.7. The molecule has 0 radical (unpaired) electrons. The number of carbonyl (C=O) groups is 1. The summed E-state index contributed by atoms with van der Waals surface area (Å²) in [7, 11) is -3.52. The molecule has 0 aliphatic heterocycles. The maximum Gasteiger partial charge on any atom is 0.350 e. The zero-order valence-electron chi connectivity index (χ0n) is 11.2. The summed E-state index contributed by atoms with van der Waals surface area (Å²) in [6.07, 6.45) is 1.75. The molecule has 5 nitrogen and oxygen atoms in total. The molecule has 0 aromatic carbocycles. The van der Waals surface area contributed by atoms with E-state index in [1.807, 2.05) is 0 Å². The number of anilines is 1. The van der Waals surface area contributed by atoms with Crippen molar-refractivity contribution in [2.24, 2.45) is 0 Å². The van der Waals surface area contributed by atoms with Gasteiger partial charge in [0.2, 0.25) is 0 Å². The molecule has 1 rings (SSSR count). The Hall–Kier alpha value is -0.730. The third-order valence-corrected chi connectivity index (χ3v) is 7.22. The molecule has 0 saturated heterocycles. The summed E-state index contributed by atoms with van der Waals surface area (Å²) in [5, 5.41) is -0.592. The lowest BCUT2D eigenvalue weighted by Crippen LogP contribution is -2.16. The van der Waals surface area contributed by atoms with Crippen molar-refractivity contribution in [3.63, 3.8) is 0 Å². The smallest absolute Gasteiger partial charge is 0.350 e. The monoisotopic (exact) mass is 323 g/mol.